The van der Waals surface area contributed by atoms with Crippen molar-refractivity contribution in [2.45, 2.75) is 31.8 Å². The molecule has 0 aliphatic carbocycles. The van der Waals surface area contributed by atoms with E-state index in [1.165, 1.54) is 0 Å². The number of hydrogen-bond donors (Lipinski definition) is 2. The van der Waals surface area contributed by atoms with Crippen molar-refractivity contribution in [3.8, 4) is 0 Å². The molecule has 0 spiro atoms. The number of hydrogen-bond acceptors (Lipinski definition) is 2. The second kappa shape index (κ2) is 7.48. The highest BCUT2D eigenvalue weighted by atomic mass is 79.9. The van der Waals surface area contributed by atoms with Crippen molar-refractivity contribution in [2.24, 2.45) is 0 Å². The van der Waals surface area contributed by atoms with Gasteiger partial charge in [-0.3, -0.25) is 4.79 Å². The zero-order chi connectivity index (χ0) is 13.1. The van der Waals surface area contributed by atoms with Crippen molar-refractivity contribution in [1.29, 1.82) is 0 Å². The lowest BCUT2D eigenvalue weighted by atomic mass is 10.0. The normalized spacial score (nSPS) is 22.5. The molecule has 3 nitrogen and oxygen atoms in total. The van der Waals surface area contributed by atoms with Gasteiger partial charge in [-0.25, -0.2) is 0 Å². The molecule has 2 rings (SSSR count). The summed E-state index contributed by atoms with van der Waals surface area (Å²) in [6.07, 6.45) is 1.92. The number of rotatable bonds is 2. The number of halogens is 3. The Morgan fingerprint density at radius 3 is 2.95 bits per heavy atom. The van der Waals surface area contributed by atoms with Crippen LogP contribution in [0.1, 0.15) is 30.1 Å². The van der Waals surface area contributed by atoms with Gasteiger partial charge in [0.1, 0.15) is 0 Å². The third kappa shape index (κ3) is 4.35. The van der Waals surface area contributed by atoms with Crippen LogP contribution in [0.4, 0.5) is 0 Å². The molecule has 1 aliphatic rings. The lowest BCUT2D eigenvalue weighted by Gasteiger charge is -2.28. The third-order valence-electron chi connectivity index (χ3n) is 3.16. The van der Waals surface area contributed by atoms with Gasteiger partial charge in [0, 0.05) is 16.6 Å². The lowest BCUT2D eigenvalue weighted by molar-refractivity contribution is 0.0926. The summed E-state index contributed by atoms with van der Waals surface area (Å²) < 4.78 is 0.746. The van der Waals surface area contributed by atoms with E-state index in [0.717, 1.165) is 23.9 Å². The highest BCUT2D eigenvalue weighted by Crippen LogP contribution is 2.26. The third-order valence-corrected chi connectivity index (χ3v) is 4.45. The van der Waals surface area contributed by atoms with E-state index < -0.39 is 0 Å². The quantitative estimate of drug-likeness (QED) is 0.841. The predicted molar refractivity (Wildman–Crippen MR) is 84.4 cm³/mol. The molecule has 1 heterocycles. The number of carbonyl (C=O) groups excluding carboxylic acids is 1. The monoisotopic (exact) mass is 366 g/mol. The minimum Gasteiger partial charge on any atom is -0.349 e. The van der Waals surface area contributed by atoms with Crippen molar-refractivity contribution >= 4 is 45.8 Å². The summed E-state index contributed by atoms with van der Waals surface area (Å²) in [5.41, 5.74) is 0.525. The first-order valence-corrected chi connectivity index (χ1v) is 7.23. The Morgan fingerprint density at radius 1 is 1.53 bits per heavy atom. The molecule has 0 radical (unpaired) electrons. The number of benzene rings is 1. The van der Waals surface area contributed by atoms with Crippen LogP contribution in [-0.2, 0) is 0 Å². The summed E-state index contributed by atoms with van der Waals surface area (Å²) in [6.45, 7) is 3.07. The maximum Gasteiger partial charge on any atom is 0.253 e. The van der Waals surface area contributed by atoms with Crippen LogP contribution in [0.25, 0.3) is 0 Å². The van der Waals surface area contributed by atoms with Gasteiger partial charge in [-0.05, 0) is 54.4 Å². The molecule has 2 N–H and O–H groups in total. The molecule has 19 heavy (non-hydrogen) atoms. The van der Waals surface area contributed by atoms with Crippen LogP contribution in [0.3, 0.4) is 0 Å². The van der Waals surface area contributed by atoms with E-state index in [1.54, 1.807) is 6.07 Å². The molecule has 0 bridgehead atoms. The minimum absolute atomic E-state index is 0. The van der Waals surface area contributed by atoms with Crippen molar-refractivity contribution in [2.75, 3.05) is 6.54 Å². The van der Waals surface area contributed by atoms with Crippen molar-refractivity contribution in [3.05, 3.63) is 33.3 Å². The molecule has 106 valence electrons. The van der Waals surface area contributed by atoms with Crippen LogP contribution >= 0.6 is 39.9 Å². The average Bonchev–Trinajstić information content (AvgIpc) is 2.32. The zero-order valence-electron chi connectivity index (χ0n) is 10.6. The van der Waals surface area contributed by atoms with Gasteiger partial charge in [-0.1, -0.05) is 17.7 Å². The first kappa shape index (κ1) is 16.8. The SMILES string of the molecule is CC1CC(NC(=O)c2cccc(Br)c2Cl)CCN1.Cl. The molecule has 2 unspecified atom stereocenters. The first-order valence-electron chi connectivity index (χ1n) is 6.06. The van der Waals surface area contributed by atoms with E-state index in [4.69, 9.17) is 11.6 Å². The lowest BCUT2D eigenvalue weighted by Crippen LogP contribution is -2.46. The molecular weight excluding hydrogens is 351 g/mol. The summed E-state index contributed by atoms with van der Waals surface area (Å²) in [5, 5.41) is 6.88. The largest absolute Gasteiger partial charge is 0.349 e. The van der Waals surface area contributed by atoms with E-state index in [1.807, 2.05) is 12.1 Å². The summed E-state index contributed by atoms with van der Waals surface area (Å²) in [5.74, 6) is -0.0969. The molecule has 0 saturated carbocycles. The van der Waals surface area contributed by atoms with Crippen molar-refractivity contribution in [1.82, 2.24) is 10.6 Å². The summed E-state index contributed by atoms with van der Waals surface area (Å²) in [6, 6.07) is 6.06. The molecule has 1 aliphatic heterocycles. The molecule has 1 aromatic rings. The first-order chi connectivity index (χ1) is 8.58. The molecule has 2 atom stereocenters. The maximum absolute atomic E-state index is 12.2. The van der Waals surface area contributed by atoms with Gasteiger partial charge in [-0.15, -0.1) is 12.4 Å². The second-order valence-corrected chi connectivity index (χ2v) is 5.88. The summed E-state index contributed by atoms with van der Waals surface area (Å²) in [7, 11) is 0. The van der Waals surface area contributed by atoms with Crippen LogP contribution in [0.15, 0.2) is 22.7 Å². The number of nitrogens with one attached hydrogen (secondary N) is 2. The molecule has 1 amide bonds. The Kier molecular flexibility index (Phi) is 6.60. The molecular formula is C13H17BrCl2N2O. The van der Waals surface area contributed by atoms with Gasteiger partial charge in [0.2, 0.25) is 0 Å². The Labute approximate surface area is 133 Å². The van der Waals surface area contributed by atoms with Gasteiger partial charge < -0.3 is 10.6 Å². The van der Waals surface area contributed by atoms with E-state index >= 15 is 0 Å². The van der Waals surface area contributed by atoms with E-state index in [9.17, 15) is 4.79 Å². The van der Waals surface area contributed by atoms with E-state index in [2.05, 4.69) is 33.5 Å². The van der Waals surface area contributed by atoms with Crippen molar-refractivity contribution in [3.63, 3.8) is 0 Å². The van der Waals surface area contributed by atoms with E-state index in [0.29, 0.717) is 16.6 Å². The molecule has 1 saturated heterocycles. The Hall–Kier alpha value is -0.290. The van der Waals surface area contributed by atoms with E-state index in [-0.39, 0.29) is 24.4 Å². The predicted octanol–water partition coefficient (Wildman–Crippen LogP) is 3.39. The number of carbonyl (C=O) groups is 1. The van der Waals surface area contributed by atoms with Gasteiger partial charge in [-0.2, -0.15) is 0 Å². The van der Waals surface area contributed by atoms with Crippen LogP contribution in [0.5, 0.6) is 0 Å². The number of amides is 1. The molecule has 1 fully saturated rings. The van der Waals surface area contributed by atoms with Gasteiger partial charge in [0.05, 0.1) is 10.6 Å². The fourth-order valence-corrected chi connectivity index (χ4v) is 2.78. The van der Waals surface area contributed by atoms with Crippen molar-refractivity contribution < 1.29 is 4.79 Å². The molecule has 6 heteroatoms. The summed E-state index contributed by atoms with van der Waals surface area (Å²) in [4.78, 5) is 12.2. The average molecular weight is 368 g/mol. The fourth-order valence-electron chi connectivity index (χ4n) is 2.21. The topological polar surface area (TPSA) is 41.1 Å². The highest BCUT2D eigenvalue weighted by molar-refractivity contribution is 9.10. The fraction of sp³-hybridized carbons (Fsp3) is 0.462. The highest BCUT2D eigenvalue weighted by Gasteiger charge is 2.21. The molecule has 0 aromatic heterocycles. The Bertz CT molecular complexity index is 456. The summed E-state index contributed by atoms with van der Waals surface area (Å²) >= 11 is 9.44. The molecule has 1 aromatic carbocycles. The maximum atomic E-state index is 12.2. The van der Waals surface area contributed by atoms with Crippen LogP contribution in [-0.4, -0.2) is 24.5 Å². The standard InChI is InChI=1S/C13H16BrClN2O.ClH/c1-8-7-9(5-6-16-8)17-13(18)10-3-2-4-11(14)12(10)15;/h2-4,8-9,16H,5-7H2,1H3,(H,17,18);1H. The van der Waals surface area contributed by atoms with Crippen LogP contribution < -0.4 is 10.6 Å². The zero-order valence-corrected chi connectivity index (χ0v) is 13.7. The second-order valence-electron chi connectivity index (χ2n) is 4.65. The smallest absolute Gasteiger partial charge is 0.253 e. The van der Waals surface area contributed by atoms with Gasteiger partial charge >= 0.3 is 0 Å². The Balaban J connectivity index is 0.00000180. The number of piperidine rings is 1. The van der Waals surface area contributed by atoms with Gasteiger partial charge in [0.25, 0.3) is 5.91 Å². The Morgan fingerprint density at radius 2 is 2.26 bits per heavy atom. The van der Waals surface area contributed by atoms with Crippen LogP contribution in [0, 0.1) is 0 Å². The van der Waals surface area contributed by atoms with Gasteiger partial charge in [0.15, 0.2) is 0 Å². The van der Waals surface area contributed by atoms with Crippen LogP contribution in [0.2, 0.25) is 5.02 Å². The minimum atomic E-state index is -0.0969.